The number of ether oxygens (including phenoxy) is 1. The molecule has 0 saturated carbocycles. The maximum atomic E-state index is 13.3. The maximum absolute atomic E-state index is 13.3. The van der Waals surface area contributed by atoms with Crippen LogP contribution in [0.15, 0.2) is 54.7 Å². The van der Waals surface area contributed by atoms with Crippen LogP contribution in [-0.2, 0) is 11.2 Å². The van der Waals surface area contributed by atoms with Crippen molar-refractivity contribution >= 4 is 34.0 Å². The van der Waals surface area contributed by atoms with Crippen molar-refractivity contribution in [1.29, 1.82) is 0 Å². The highest BCUT2D eigenvalue weighted by atomic mass is 32.1. The van der Waals surface area contributed by atoms with Gasteiger partial charge in [0, 0.05) is 16.8 Å². The highest BCUT2D eigenvalue weighted by Gasteiger charge is 2.12. The van der Waals surface area contributed by atoms with Gasteiger partial charge in [-0.1, -0.05) is 24.3 Å². The van der Waals surface area contributed by atoms with E-state index < -0.39 is 5.82 Å². The van der Waals surface area contributed by atoms with Gasteiger partial charge < -0.3 is 10.1 Å². The number of hydrogen-bond acceptors (Lipinski definition) is 8. The normalized spacial score (nSPS) is 10.6. The fourth-order valence-electron chi connectivity index (χ4n) is 2.80. The summed E-state index contributed by atoms with van der Waals surface area (Å²) in [7, 11) is 0. The lowest BCUT2D eigenvalue weighted by Crippen LogP contribution is -2.13. The number of aryl methyl sites for hydroxylation is 2. The third-order valence-corrected chi connectivity index (χ3v) is 5.15. The lowest BCUT2D eigenvalue weighted by Gasteiger charge is -2.08. The highest BCUT2D eigenvalue weighted by Crippen LogP contribution is 2.25. The zero-order valence-corrected chi connectivity index (χ0v) is 18.1. The van der Waals surface area contributed by atoms with Crippen LogP contribution >= 0.6 is 11.3 Å². The Bertz CT molecular complexity index is 1260. The van der Waals surface area contributed by atoms with E-state index >= 15 is 0 Å². The molecule has 4 rings (SSSR count). The molecule has 0 aliphatic rings. The number of para-hydroxylation sites is 1. The lowest BCUT2D eigenvalue weighted by molar-refractivity contribution is -0.115. The molecule has 4 aromatic rings. The Morgan fingerprint density at radius 1 is 1.09 bits per heavy atom. The Labute approximate surface area is 187 Å². The maximum Gasteiger partial charge on any atom is 0.327 e. The minimum atomic E-state index is -0.412. The number of nitrogens with one attached hydrogen (secondary N) is 2. The standard InChI is InChI=1S/C22H19FN6O2S/c1-13-6-3-4-9-18(13)31-21-26-14(2)25-20(28-21)29-22-24-12-17(32-22)11-19(30)27-16-8-5-7-15(23)10-16/h3-10,12H,11H2,1-2H3,(H,27,30)(H,24,25,26,28,29). The Kier molecular flexibility index (Phi) is 6.31. The Balaban J connectivity index is 1.41. The molecule has 2 heterocycles. The monoisotopic (exact) mass is 450 g/mol. The first-order chi connectivity index (χ1) is 15.4. The van der Waals surface area contributed by atoms with Gasteiger partial charge in [0.15, 0.2) is 5.13 Å². The van der Waals surface area contributed by atoms with E-state index in [9.17, 15) is 9.18 Å². The Hall–Kier alpha value is -3.92. The number of aromatic nitrogens is 4. The second kappa shape index (κ2) is 9.48. The van der Waals surface area contributed by atoms with Crippen molar-refractivity contribution in [3.05, 3.63) is 76.8 Å². The van der Waals surface area contributed by atoms with E-state index in [2.05, 4.69) is 30.6 Å². The van der Waals surface area contributed by atoms with E-state index in [1.54, 1.807) is 19.2 Å². The summed E-state index contributed by atoms with van der Waals surface area (Å²) in [5.41, 5.74) is 1.36. The van der Waals surface area contributed by atoms with Crippen LogP contribution in [0.25, 0.3) is 0 Å². The second-order valence-corrected chi connectivity index (χ2v) is 7.96. The first-order valence-electron chi connectivity index (χ1n) is 9.68. The average molecular weight is 450 g/mol. The summed E-state index contributed by atoms with van der Waals surface area (Å²) in [4.78, 5) is 30.0. The van der Waals surface area contributed by atoms with Gasteiger partial charge in [-0.25, -0.2) is 9.37 Å². The summed E-state index contributed by atoms with van der Waals surface area (Å²) in [6, 6.07) is 13.5. The topological polar surface area (TPSA) is 102 Å². The molecule has 0 saturated heterocycles. The summed E-state index contributed by atoms with van der Waals surface area (Å²) in [5.74, 6) is 0.745. The zero-order valence-electron chi connectivity index (χ0n) is 17.3. The first kappa shape index (κ1) is 21.3. The molecule has 0 unspecified atom stereocenters. The van der Waals surface area contributed by atoms with Crippen LogP contribution < -0.4 is 15.4 Å². The van der Waals surface area contributed by atoms with Gasteiger partial charge in [0.2, 0.25) is 11.9 Å². The minimum absolute atomic E-state index is 0.105. The van der Waals surface area contributed by atoms with Gasteiger partial charge in [0.25, 0.3) is 0 Å². The van der Waals surface area contributed by atoms with Gasteiger partial charge in [-0.15, -0.1) is 11.3 Å². The number of rotatable bonds is 7. The molecule has 0 radical (unpaired) electrons. The molecule has 0 aliphatic carbocycles. The predicted octanol–water partition coefficient (Wildman–Crippen LogP) is 4.80. The minimum Gasteiger partial charge on any atom is -0.424 e. The molecular weight excluding hydrogens is 431 g/mol. The fraction of sp³-hybridized carbons (Fsp3) is 0.136. The number of benzene rings is 2. The number of nitrogens with zero attached hydrogens (tertiary/aromatic N) is 4. The molecule has 8 nitrogen and oxygen atoms in total. The fourth-order valence-corrected chi connectivity index (χ4v) is 3.61. The van der Waals surface area contributed by atoms with Crippen LogP contribution in [0.3, 0.4) is 0 Å². The summed E-state index contributed by atoms with van der Waals surface area (Å²) in [5, 5.41) is 6.20. The molecule has 2 aromatic carbocycles. The van der Waals surface area contributed by atoms with Crippen molar-refractivity contribution in [2.24, 2.45) is 0 Å². The van der Waals surface area contributed by atoms with Gasteiger partial charge in [-0.05, 0) is 43.7 Å². The molecule has 0 aliphatic heterocycles. The predicted molar refractivity (Wildman–Crippen MR) is 120 cm³/mol. The third-order valence-electron chi connectivity index (χ3n) is 4.24. The second-order valence-electron chi connectivity index (χ2n) is 6.85. The van der Waals surface area contributed by atoms with Crippen LogP contribution in [0, 0.1) is 19.7 Å². The van der Waals surface area contributed by atoms with Crippen molar-refractivity contribution < 1.29 is 13.9 Å². The SMILES string of the molecule is Cc1nc(Nc2ncc(CC(=O)Nc3cccc(F)c3)s2)nc(Oc2ccccc2C)n1. The summed E-state index contributed by atoms with van der Waals surface area (Å²) in [6.07, 6.45) is 1.70. The molecule has 0 bridgehead atoms. The molecule has 0 spiro atoms. The van der Waals surface area contributed by atoms with Crippen molar-refractivity contribution in [3.8, 4) is 11.8 Å². The van der Waals surface area contributed by atoms with Crippen molar-refractivity contribution in [1.82, 2.24) is 19.9 Å². The van der Waals surface area contributed by atoms with E-state index in [1.165, 1.54) is 29.5 Å². The van der Waals surface area contributed by atoms with E-state index in [4.69, 9.17) is 4.74 Å². The summed E-state index contributed by atoms with van der Waals surface area (Å²) < 4.78 is 19.1. The molecular formula is C22H19FN6O2S. The number of thiazole rings is 1. The number of anilines is 3. The largest absolute Gasteiger partial charge is 0.424 e. The van der Waals surface area contributed by atoms with Gasteiger partial charge in [-0.2, -0.15) is 15.0 Å². The van der Waals surface area contributed by atoms with Gasteiger partial charge >= 0.3 is 6.01 Å². The third kappa shape index (κ3) is 5.61. The summed E-state index contributed by atoms with van der Waals surface area (Å²) in [6.45, 7) is 3.67. The van der Waals surface area contributed by atoms with Crippen LogP contribution in [0.4, 0.5) is 21.2 Å². The first-order valence-corrected chi connectivity index (χ1v) is 10.5. The number of carbonyl (C=O) groups is 1. The average Bonchev–Trinajstić information content (AvgIpc) is 3.15. The van der Waals surface area contributed by atoms with Crippen LogP contribution in [0.1, 0.15) is 16.3 Å². The van der Waals surface area contributed by atoms with Crippen molar-refractivity contribution in [3.63, 3.8) is 0 Å². The smallest absolute Gasteiger partial charge is 0.327 e. The number of halogens is 1. The van der Waals surface area contributed by atoms with Crippen LogP contribution in [-0.4, -0.2) is 25.8 Å². The van der Waals surface area contributed by atoms with Crippen LogP contribution in [0.2, 0.25) is 0 Å². The Morgan fingerprint density at radius 3 is 2.75 bits per heavy atom. The molecule has 2 N–H and O–H groups in total. The Morgan fingerprint density at radius 2 is 1.94 bits per heavy atom. The van der Waals surface area contributed by atoms with Crippen LogP contribution in [0.5, 0.6) is 11.8 Å². The molecule has 0 atom stereocenters. The quantitative estimate of drug-likeness (QED) is 0.417. The lowest BCUT2D eigenvalue weighted by atomic mass is 10.2. The number of amides is 1. The molecule has 2 aromatic heterocycles. The molecule has 0 fully saturated rings. The van der Waals surface area contributed by atoms with Crippen molar-refractivity contribution in [2.75, 3.05) is 10.6 Å². The molecule has 1 amide bonds. The number of carbonyl (C=O) groups excluding carboxylic acids is 1. The highest BCUT2D eigenvalue weighted by molar-refractivity contribution is 7.15. The summed E-state index contributed by atoms with van der Waals surface area (Å²) >= 11 is 1.29. The van der Waals surface area contributed by atoms with Gasteiger partial charge in [0.05, 0.1) is 6.42 Å². The molecule has 10 heteroatoms. The van der Waals surface area contributed by atoms with Gasteiger partial charge in [-0.3, -0.25) is 10.1 Å². The molecule has 32 heavy (non-hydrogen) atoms. The molecule has 162 valence electrons. The number of hydrogen-bond donors (Lipinski definition) is 2. The zero-order chi connectivity index (χ0) is 22.5. The van der Waals surface area contributed by atoms with E-state index in [-0.39, 0.29) is 24.3 Å². The van der Waals surface area contributed by atoms with E-state index in [0.717, 1.165) is 10.4 Å². The van der Waals surface area contributed by atoms with E-state index in [1.807, 2.05) is 31.2 Å². The van der Waals surface area contributed by atoms with Crippen molar-refractivity contribution in [2.45, 2.75) is 20.3 Å². The van der Waals surface area contributed by atoms with Gasteiger partial charge in [0.1, 0.15) is 17.4 Å². The van der Waals surface area contributed by atoms with E-state index in [0.29, 0.717) is 22.4 Å².